The van der Waals surface area contributed by atoms with E-state index in [1.54, 1.807) is 24.3 Å². The molecule has 0 aliphatic rings. The second-order valence-electron chi connectivity index (χ2n) is 6.65. The first-order chi connectivity index (χ1) is 13.5. The lowest BCUT2D eigenvalue weighted by Gasteiger charge is -2.05. The number of amides is 1. The maximum absolute atomic E-state index is 13.4. The molecule has 0 atom stereocenters. The summed E-state index contributed by atoms with van der Waals surface area (Å²) < 4.78 is 19.0. The summed E-state index contributed by atoms with van der Waals surface area (Å²) in [5.41, 5.74) is 4.35. The van der Waals surface area contributed by atoms with Gasteiger partial charge >= 0.3 is 0 Å². The monoisotopic (exact) mass is 394 g/mol. The number of fused-ring (bicyclic) bond motifs is 1. The molecule has 6 heteroatoms. The van der Waals surface area contributed by atoms with E-state index in [1.165, 1.54) is 12.1 Å². The quantitative estimate of drug-likeness (QED) is 0.501. The minimum Gasteiger partial charge on any atom is -0.451 e. The van der Waals surface area contributed by atoms with E-state index in [0.29, 0.717) is 29.5 Å². The van der Waals surface area contributed by atoms with Crippen molar-refractivity contribution in [1.82, 2.24) is 10.3 Å². The van der Waals surface area contributed by atoms with Crippen LogP contribution in [0, 0.1) is 19.7 Å². The zero-order valence-corrected chi connectivity index (χ0v) is 16.4. The molecule has 0 bridgehead atoms. The van der Waals surface area contributed by atoms with Gasteiger partial charge in [0, 0.05) is 28.4 Å². The molecule has 0 aliphatic heterocycles. The van der Waals surface area contributed by atoms with Gasteiger partial charge in [0.2, 0.25) is 0 Å². The molecule has 1 amide bonds. The molecule has 2 aromatic carbocycles. The molecule has 28 heavy (non-hydrogen) atoms. The highest BCUT2D eigenvalue weighted by atomic mass is 32.1. The van der Waals surface area contributed by atoms with Gasteiger partial charge in [-0.3, -0.25) is 4.79 Å². The van der Waals surface area contributed by atoms with Crippen LogP contribution in [0.4, 0.5) is 4.39 Å². The second-order valence-corrected chi connectivity index (χ2v) is 7.71. The zero-order valence-electron chi connectivity index (χ0n) is 15.6. The third-order valence-electron chi connectivity index (χ3n) is 4.67. The zero-order chi connectivity index (χ0) is 19.7. The van der Waals surface area contributed by atoms with Gasteiger partial charge in [-0.15, -0.1) is 11.3 Å². The molecule has 4 rings (SSSR count). The number of hydrogen-bond donors (Lipinski definition) is 1. The molecule has 0 saturated carbocycles. The molecule has 142 valence electrons. The molecule has 2 heterocycles. The number of carbonyl (C=O) groups is 1. The lowest BCUT2D eigenvalue weighted by molar-refractivity contribution is 0.0928. The summed E-state index contributed by atoms with van der Waals surface area (Å²) in [7, 11) is 0. The summed E-state index contributed by atoms with van der Waals surface area (Å²) in [5, 5.41) is 6.59. The van der Waals surface area contributed by atoms with E-state index < -0.39 is 0 Å². The molecule has 0 radical (unpaired) electrons. The fraction of sp³-hybridized carbons (Fsp3) is 0.182. The van der Waals surface area contributed by atoms with Crippen LogP contribution >= 0.6 is 11.3 Å². The first kappa shape index (κ1) is 18.4. The highest BCUT2D eigenvalue weighted by Crippen LogP contribution is 2.26. The number of hydrogen-bond acceptors (Lipinski definition) is 4. The summed E-state index contributed by atoms with van der Waals surface area (Å²) in [6.45, 7) is 4.24. The number of aryl methyl sites for hydroxylation is 2. The van der Waals surface area contributed by atoms with Gasteiger partial charge in [-0.25, -0.2) is 9.37 Å². The van der Waals surface area contributed by atoms with Crippen molar-refractivity contribution < 1.29 is 13.6 Å². The van der Waals surface area contributed by atoms with E-state index in [-0.39, 0.29) is 17.5 Å². The molecule has 0 fully saturated rings. The Balaban J connectivity index is 1.38. The number of furan rings is 1. The summed E-state index contributed by atoms with van der Waals surface area (Å²) in [4.78, 5) is 16.9. The van der Waals surface area contributed by atoms with Crippen LogP contribution in [-0.4, -0.2) is 17.4 Å². The summed E-state index contributed by atoms with van der Waals surface area (Å²) in [6, 6.07) is 12.4. The van der Waals surface area contributed by atoms with Gasteiger partial charge in [-0.2, -0.15) is 0 Å². The Morgan fingerprint density at radius 1 is 1.18 bits per heavy atom. The van der Waals surface area contributed by atoms with Crippen molar-refractivity contribution in [2.75, 3.05) is 6.54 Å². The predicted octanol–water partition coefficient (Wildman–Crippen LogP) is 5.28. The average Bonchev–Trinajstić information content (AvgIpc) is 3.26. The van der Waals surface area contributed by atoms with Crippen molar-refractivity contribution in [2.24, 2.45) is 0 Å². The molecule has 2 aromatic heterocycles. The number of nitrogens with one attached hydrogen (secondary N) is 1. The molecule has 0 unspecified atom stereocenters. The molecule has 1 N–H and O–H groups in total. The minimum absolute atomic E-state index is 0.231. The minimum atomic E-state index is -0.348. The fourth-order valence-corrected chi connectivity index (χ4v) is 3.77. The summed E-state index contributed by atoms with van der Waals surface area (Å²) in [5.74, 6) is -0.404. The molecule has 4 nitrogen and oxygen atoms in total. The van der Waals surface area contributed by atoms with Crippen LogP contribution in [0.2, 0.25) is 0 Å². The van der Waals surface area contributed by atoms with Crippen LogP contribution in [-0.2, 0) is 6.42 Å². The first-order valence-corrected chi connectivity index (χ1v) is 9.87. The van der Waals surface area contributed by atoms with Crippen LogP contribution in [0.5, 0.6) is 0 Å². The van der Waals surface area contributed by atoms with E-state index in [0.717, 1.165) is 21.8 Å². The largest absolute Gasteiger partial charge is 0.451 e. The van der Waals surface area contributed by atoms with Gasteiger partial charge in [0.25, 0.3) is 5.91 Å². The van der Waals surface area contributed by atoms with Crippen molar-refractivity contribution in [1.29, 1.82) is 0 Å². The Hall–Kier alpha value is -2.99. The Morgan fingerprint density at radius 3 is 2.68 bits per heavy atom. The Morgan fingerprint density at radius 2 is 1.96 bits per heavy atom. The van der Waals surface area contributed by atoms with Crippen LogP contribution < -0.4 is 5.32 Å². The summed E-state index contributed by atoms with van der Waals surface area (Å²) >= 11 is 1.63. The highest BCUT2D eigenvalue weighted by Gasteiger charge is 2.17. The topological polar surface area (TPSA) is 55.1 Å². The SMILES string of the molecule is Cc1nc(-c2ccc(CCNC(=O)c3oc4ccc(F)cc4c3C)cc2)cs1. The molecule has 0 saturated heterocycles. The number of thiazole rings is 1. The molecule has 0 aliphatic carbocycles. The summed E-state index contributed by atoms with van der Waals surface area (Å²) in [6.07, 6.45) is 0.704. The van der Waals surface area contributed by atoms with Gasteiger partial charge in [-0.1, -0.05) is 24.3 Å². The van der Waals surface area contributed by atoms with E-state index in [4.69, 9.17) is 4.42 Å². The number of rotatable bonds is 5. The van der Waals surface area contributed by atoms with Gasteiger partial charge in [0.15, 0.2) is 5.76 Å². The number of aromatic nitrogens is 1. The number of nitrogens with zero attached hydrogens (tertiary/aromatic N) is 1. The van der Waals surface area contributed by atoms with E-state index in [9.17, 15) is 9.18 Å². The fourth-order valence-electron chi connectivity index (χ4n) is 3.15. The number of halogens is 1. The van der Waals surface area contributed by atoms with Crippen LogP contribution in [0.15, 0.2) is 52.3 Å². The van der Waals surface area contributed by atoms with E-state index in [2.05, 4.69) is 10.3 Å². The van der Waals surface area contributed by atoms with Gasteiger partial charge in [0.1, 0.15) is 11.4 Å². The highest BCUT2D eigenvalue weighted by molar-refractivity contribution is 7.09. The normalized spacial score (nSPS) is 11.1. The van der Waals surface area contributed by atoms with Crippen molar-refractivity contribution in [3.05, 3.63) is 75.6 Å². The van der Waals surface area contributed by atoms with Gasteiger partial charge < -0.3 is 9.73 Å². The average molecular weight is 394 g/mol. The lowest BCUT2D eigenvalue weighted by atomic mass is 10.1. The maximum atomic E-state index is 13.4. The maximum Gasteiger partial charge on any atom is 0.287 e. The Bertz CT molecular complexity index is 1150. The van der Waals surface area contributed by atoms with Crippen LogP contribution in [0.25, 0.3) is 22.2 Å². The van der Waals surface area contributed by atoms with Crippen molar-refractivity contribution in [2.45, 2.75) is 20.3 Å². The standard InChI is InChI=1S/C22H19FN2O2S/c1-13-18-11-17(23)7-8-20(18)27-21(13)22(26)24-10-9-15-3-5-16(6-4-15)19-12-28-14(2)25-19/h3-8,11-12H,9-10H2,1-2H3,(H,24,26). The first-order valence-electron chi connectivity index (χ1n) is 8.99. The van der Waals surface area contributed by atoms with Gasteiger partial charge in [-0.05, 0) is 44.0 Å². The smallest absolute Gasteiger partial charge is 0.287 e. The van der Waals surface area contributed by atoms with Crippen LogP contribution in [0.1, 0.15) is 26.7 Å². The van der Waals surface area contributed by atoms with Crippen molar-refractivity contribution in [3.63, 3.8) is 0 Å². The van der Waals surface area contributed by atoms with Crippen molar-refractivity contribution in [3.8, 4) is 11.3 Å². The third-order valence-corrected chi connectivity index (χ3v) is 5.45. The lowest BCUT2D eigenvalue weighted by Crippen LogP contribution is -2.25. The predicted molar refractivity (Wildman–Crippen MR) is 109 cm³/mol. The second kappa shape index (κ2) is 7.56. The molecular formula is C22H19FN2O2S. The van der Waals surface area contributed by atoms with E-state index in [1.807, 2.05) is 36.6 Å². The van der Waals surface area contributed by atoms with Crippen molar-refractivity contribution >= 4 is 28.2 Å². The van der Waals surface area contributed by atoms with Gasteiger partial charge in [0.05, 0.1) is 10.7 Å². The Labute approximate surface area is 166 Å². The van der Waals surface area contributed by atoms with Crippen LogP contribution in [0.3, 0.4) is 0 Å². The molecule has 0 spiro atoms. The van der Waals surface area contributed by atoms with E-state index >= 15 is 0 Å². The molecular weight excluding hydrogens is 375 g/mol. The Kier molecular flexibility index (Phi) is 4.96. The number of carbonyl (C=O) groups excluding carboxylic acids is 1. The number of benzene rings is 2. The third kappa shape index (κ3) is 3.68. The molecule has 4 aromatic rings.